The third-order valence-corrected chi connectivity index (χ3v) is 2.43. The van der Waals surface area contributed by atoms with E-state index in [-0.39, 0.29) is 0 Å². The molecule has 0 atom stereocenters. The Morgan fingerprint density at radius 3 is 2.84 bits per heavy atom. The topological polar surface area (TPSA) is 90.6 Å². The van der Waals surface area contributed by atoms with Gasteiger partial charge in [0, 0.05) is 7.05 Å². The van der Waals surface area contributed by atoms with Crippen LogP contribution in [0.25, 0.3) is 5.95 Å². The van der Waals surface area contributed by atoms with Gasteiger partial charge in [0.2, 0.25) is 5.95 Å². The summed E-state index contributed by atoms with van der Waals surface area (Å²) in [5.74, 6) is 0.813. The minimum atomic E-state index is 0.293. The summed E-state index contributed by atoms with van der Waals surface area (Å²) in [5, 5.41) is 6.85. The Labute approximate surface area is 111 Å². The molecule has 0 amide bonds. The third kappa shape index (κ3) is 3.60. The zero-order chi connectivity index (χ0) is 13.5. The Balaban J connectivity index is 2.12. The summed E-state index contributed by atoms with van der Waals surface area (Å²) in [4.78, 5) is 16.4. The van der Waals surface area contributed by atoms with Gasteiger partial charge in [-0.3, -0.25) is 0 Å². The number of ether oxygens (including phenoxy) is 1. The minimum absolute atomic E-state index is 0.293. The molecule has 0 saturated heterocycles. The van der Waals surface area contributed by atoms with Gasteiger partial charge in [-0.1, -0.05) is 19.8 Å². The van der Waals surface area contributed by atoms with E-state index in [0.29, 0.717) is 24.5 Å². The first-order chi connectivity index (χ1) is 9.33. The van der Waals surface area contributed by atoms with Crippen molar-refractivity contribution in [2.75, 3.05) is 19.0 Å². The molecule has 0 aromatic carbocycles. The van der Waals surface area contributed by atoms with Crippen molar-refractivity contribution in [3.05, 3.63) is 12.7 Å². The van der Waals surface area contributed by atoms with E-state index >= 15 is 0 Å². The van der Waals surface area contributed by atoms with Crippen LogP contribution in [0.4, 0.5) is 5.95 Å². The summed E-state index contributed by atoms with van der Waals surface area (Å²) < 4.78 is 6.99. The molecule has 2 heterocycles. The normalized spacial score (nSPS) is 10.4. The number of hydrogen-bond donors (Lipinski definition) is 1. The zero-order valence-electron chi connectivity index (χ0n) is 11.1. The molecule has 8 heteroatoms. The Hall–Kier alpha value is -2.25. The maximum atomic E-state index is 5.53. The highest BCUT2D eigenvalue weighted by atomic mass is 16.5. The van der Waals surface area contributed by atoms with E-state index < -0.39 is 0 Å². The molecule has 0 fully saturated rings. The SMILES string of the molecule is CCCCCOc1nc(NC)nc(-n2cncn2)n1. The van der Waals surface area contributed by atoms with Gasteiger partial charge in [0.05, 0.1) is 6.61 Å². The molecular formula is C11H17N7O. The smallest absolute Gasteiger partial charge is 0.323 e. The zero-order valence-corrected chi connectivity index (χ0v) is 11.1. The van der Waals surface area contributed by atoms with Gasteiger partial charge in [-0.25, -0.2) is 4.98 Å². The van der Waals surface area contributed by atoms with Crippen LogP contribution in [0.2, 0.25) is 0 Å². The molecule has 0 aliphatic carbocycles. The first-order valence-corrected chi connectivity index (χ1v) is 6.25. The number of rotatable bonds is 7. The third-order valence-electron chi connectivity index (χ3n) is 2.43. The van der Waals surface area contributed by atoms with E-state index in [1.54, 1.807) is 7.05 Å². The van der Waals surface area contributed by atoms with E-state index in [0.717, 1.165) is 19.3 Å². The largest absolute Gasteiger partial charge is 0.463 e. The van der Waals surface area contributed by atoms with Gasteiger partial charge in [-0.15, -0.1) is 0 Å². The second kappa shape index (κ2) is 6.62. The second-order valence-electron chi connectivity index (χ2n) is 3.89. The Morgan fingerprint density at radius 2 is 2.16 bits per heavy atom. The maximum absolute atomic E-state index is 5.53. The van der Waals surface area contributed by atoms with Gasteiger partial charge >= 0.3 is 6.01 Å². The van der Waals surface area contributed by atoms with Crippen molar-refractivity contribution in [3.8, 4) is 12.0 Å². The first kappa shape index (κ1) is 13.2. The summed E-state index contributed by atoms with van der Waals surface area (Å²) >= 11 is 0. The van der Waals surface area contributed by atoms with Crippen molar-refractivity contribution < 1.29 is 4.74 Å². The van der Waals surface area contributed by atoms with E-state index in [1.165, 1.54) is 17.3 Å². The molecule has 0 aliphatic heterocycles. The summed E-state index contributed by atoms with van der Waals surface area (Å²) in [7, 11) is 1.74. The number of aromatic nitrogens is 6. The van der Waals surface area contributed by atoms with Gasteiger partial charge in [0.1, 0.15) is 12.7 Å². The Morgan fingerprint density at radius 1 is 1.26 bits per heavy atom. The summed E-state index contributed by atoms with van der Waals surface area (Å²) in [6.07, 6.45) is 6.20. The lowest BCUT2D eigenvalue weighted by atomic mass is 10.3. The van der Waals surface area contributed by atoms with Crippen molar-refractivity contribution in [1.82, 2.24) is 29.7 Å². The molecule has 1 N–H and O–H groups in total. The van der Waals surface area contributed by atoms with E-state index in [4.69, 9.17) is 4.74 Å². The van der Waals surface area contributed by atoms with Crippen molar-refractivity contribution in [3.63, 3.8) is 0 Å². The highest BCUT2D eigenvalue weighted by molar-refractivity contribution is 5.28. The van der Waals surface area contributed by atoms with Crippen molar-refractivity contribution in [2.45, 2.75) is 26.2 Å². The van der Waals surface area contributed by atoms with E-state index in [2.05, 4.69) is 37.3 Å². The van der Waals surface area contributed by atoms with Gasteiger partial charge in [0.25, 0.3) is 5.95 Å². The van der Waals surface area contributed by atoms with Crippen LogP contribution < -0.4 is 10.1 Å². The predicted molar refractivity (Wildman–Crippen MR) is 69.3 cm³/mol. The quantitative estimate of drug-likeness (QED) is 0.747. The molecule has 102 valence electrons. The molecule has 0 bridgehead atoms. The summed E-state index contributed by atoms with van der Waals surface area (Å²) in [6.45, 7) is 2.74. The molecule has 0 radical (unpaired) electrons. The number of hydrogen-bond acceptors (Lipinski definition) is 7. The van der Waals surface area contributed by atoms with Gasteiger partial charge in [-0.05, 0) is 6.42 Å². The monoisotopic (exact) mass is 263 g/mol. The van der Waals surface area contributed by atoms with Gasteiger partial charge < -0.3 is 10.1 Å². The average Bonchev–Trinajstić information content (AvgIpc) is 2.97. The first-order valence-electron chi connectivity index (χ1n) is 6.25. The molecule has 0 spiro atoms. The van der Waals surface area contributed by atoms with Crippen LogP contribution in [0.15, 0.2) is 12.7 Å². The van der Waals surface area contributed by atoms with Crippen LogP contribution in [0.3, 0.4) is 0 Å². The molecule has 0 unspecified atom stereocenters. The predicted octanol–water partition coefficient (Wildman–Crippen LogP) is 1.06. The van der Waals surface area contributed by atoms with Crippen molar-refractivity contribution >= 4 is 5.95 Å². The lowest BCUT2D eigenvalue weighted by molar-refractivity contribution is 0.281. The van der Waals surface area contributed by atoms with Crippen LogP contribution >= 0.6 is 0 Å². The fourth-order valence-electron chi connectivity index (χ4n) is 1.45. The van der Waals surface area contributed by atoms with Crippen LogP contribution in [0, 0.1) is 0 Å². The average molecular weight is 263 g/mol. The molecule has 2 aromatic rings. The minimum Gasteiger partial charge on any atom is -0.463 e. The molecule has 2 aromatic heterocycles. The number of nitrogens with zero attached hydrogens (tertiary/aromatic N) is 6. The van der Waals surface area contributed by atoms with Crippen molar-refractivity contribution in [1.29, 1.82) is 0 Å². The Bertz CT molecular complexity index is 500. The lowest BCUT2D eigenvalue weighted by Crippen LogP contribution is -2.10. The van der Waals surface area contributed by atoms with E-state index in [1.807, 2.05) is 0 Å². The van der Waals surface area contributed by atoms with Gasteiger partial charge in [0.15, 0.2) is 0 Å². The maximum Gasteiger partial charge on any atom is 0.323 e. The van der Waals surface area contributed by atoms with Crippen molar-refractivity contribution in [2.24, 2.45) is 0 Å². The molecule has 2 rings (SSSR count). The fraction of sp³-hybridized carbons (Fsp3) is 0.545. The molecular weight excluding hydrogens is 246 g/mol. The van der Waals surface area contributed by atoms with Crippen LogP contribution in [0.1, 0.15) is 26.2 Å². The van der Waals surface area contributed by atoms with Gasteiger partial charge in [-0.2, -0.15) is 24.7 Å². The standard InChI is InChI=1S/C11H17N7O/c1-3-4-5-6-19-11-16-9(12-2)15-10(17-11)18-8-13-7-14-18/h7-8H,3-6H2,1-2H3,(H,12,15,16,17). The molecule has 19 heavy (non-hydrogen) atoms. The Kier molecular flexibility index (Phi) is 4.60. The molecule has 8 nitrogen and oxygen atoms in total. The number of anilines is 1. The lowest BCUT2D eigenvalue weighted by Gasteiger charge is -2.07. The number of nitrogens with one attached hydrogen (secondary N) is 1. The molecule has 0 aliphatic rings. The number of unbranched alkanes of at least 4 members (excludes halogenated alkanes) is 2. The summed E-state index contributed by atoms with van der Waals surface area (Å²) in [5.41, 5.74) is 0. The van der Waals surface area contributed by atoms with Crippen LogP contribution in [0.5, 0.6) is 6.01 Å². The summed E-state index contributed by atoms with van der Waals surface area (Å²) in [6, 6.07) is 0.293. The van der Waals surface area contributed by atoms with E-state index in [9.17, 15) is 0 Å². The van der Waals surface area contributed by atoms with Crippen LogP contribution in [-0.2, 0) is 0 Å². The highest BCUT2D eigenvalue weighted by Gasteiger charge is 2.08. The molecule has 0 saturated carbocycles. The fourth-order valence-corrected chi connectivity index (χ4v) is 1.45. The highest BCUT2D eigenvalue weighted by Crippen LogP contribution is 2.10. The second-order valence-corrected chi connectivity index (χ2v) is 3.89. The van der Waals surface area contributed by atoms with Crippen LogP contribution in [-0.4, -0.2) is 43.4 Å².